The van der Waals surface area contributed by atoms with Crippen LogP contribution in [0.15, 0.2) is 0 Å². The molecule has 108 valence electrons. The van der Waals surface area contributed by atoms with Gasteiger partial charge in [0.05, 0.1) is 0 Å². The summed E-state index contributed by atoms with van der Waals surface area (Å²) in [6.07, 6.45) is 3.07. The molecule has 0 aliphatic carbocycles. The normalized spacial score (nSPS) is 28.1. The van der Waals surface area contributed by atoms with Crippen LogP contribution in [0.25, 0.3) is 0 Å². The third-order valence-corrected chi connectivity index (χ3v) is 3.96. The van der Waals surface area contributed by atoms with Crippen LogP contribution in [0.1, 0.15) is 46.5 Å². The van der Waals surface area contributed by atoms with Gasteiger partial charge in [0.15, 0.2) is 0 Å². The number of carbonyl (C=O) groups excluding carboxylic acids is 2. The summed E-state index contributed by atoms with van der Waals surface area (Å²) in [4.78, 5) is 28.2. The van der Waals surface area contributed by atoms with E-state index in [0.29, 0.717) is 6.54 Å². The molecule has 0 aromatic rings. The minimum Gasteiger partial charge on any atom is -0.444 e. The zero-order valence-corrected chi connectivity index (χ0v) is 12.4. The van der Waals surface area contributed by atoms with Crippen molar-refractivity contribution < 1.29 is 14.3 Å². The third-order valence-electron chi connectivity index (χ3n) is 3.96. The molecule has 1 atom stereocenters. The first kappa shape index (κ1) is 14.2. The fourth-order valence-corrected chi connectivity index (χ4v) is 3.02. The summed E-state index contributed by atoms with van der Waals surface area (Å²) in [7, 11) is 1.80. The number of likely N-dealkylation sites (N-methyl/N-ethyl adjacent to an activating group) is 1. The number of likely N-dealkylation sites (tertiary alicyclic amines) is 2. The first-order chi connectivity index (χ1) is 8.76. The molecule has 0 radical (unpaired) electrons. The molecular formula is C14H24N2O3. The Balaban J connectivity index is 2.22. The van der Waals surface area contributed by atoms with E-state index in [1.54, 1.807) is 16.8 Å². The molecule has 0 bridgehead atoms. The highest BCUT2D eigenvalue weighted by Crippen LogP contribution is 2.37. The van der Waals surface area contributed by atoms with Crippen molar-refractivity contribution in [2.24, 2.45) is 0 Å². The second-order valence-electron chi connectivity index (χ2n) is 6.60. The molecule has 2 aliphatic heterocycles. The number of piperidine rings is 1. The Kier molecular flexibility index (Phi) is 3.49. The molecule has 5 nitrogen and oxygen atoms in total. The first-order valence-corrected chi connectivity index (χ1v) is 7.02. The van der Waals surface area contributed by atoms with Gasteiger partial charge in [0.25, 0.3) is 0 Å². The van der Waals surface area contributed by atoms with Crippen LogP contribution in [0, 0.1) is 0 Å². The molecule has 5 heteroatoms. The average molecular weight is 268 g/mol. The van der Waals surface area contributed by atoms with Crippen molar-refractivity contribution in [1.82, 2.24) is 9.80 Å². The highest BCUT2D eigenvalue weighted by molar-refractivity contribution is 5.92. The largest absolute Gasteiger partial charge is 0.444 e. The molecule has 0 aromatic heterocycles. The molecule has 2 amide bonds. The van der Waals surface area contributed by atoms with Gasteiger partial charge in [-0.3, -0.25) is 9.69 Å². The maximum Gasteiger partial charge on any atom is 0.411 e. The lowest BCUT2D eigenvalue weighted by Crippen LogP contribution is -2.59. The fourth-order valence-electron chi connectivity index (χ4n) is 3.02. The molecule has 2 rings (SSSR count). The van der Waals surface area contributed by atoms with Gasteiger partial charge in [-0.25, -0.2) is 4.79 Å². The maximum atomic E-state index is 12.4. The maximum absolute atomic E-state index is 12.4. The van der Waals surface area contributed by atoms with Crippen LogP contribution in [0.5, 0.6) is 0 Å². The van der Waals surface area contributed by atoms with Gasteiger partial charge in [0, 0.05) is 20.1 Å². The Labute approximate surface area is 114 Å². The number of nitrogens with zero attached hydrogens (tertiary/aromatic N) is 2. The van der Waals surface area contributed by atoms with Crippen LogP contribution < -0.4 is 0 Å². The summed E-state index contributed by atoms with van der Waals surface area (Å²) in [5, 5.41) is 0. The molecule has 2 aliphatic rings. The number of ether oxygens (including phenoxy) is 1. The molecule has 1 unspecified atom stereocenters. The Bertz CT molecular complexity index is 385. The molecule has 2 heterocycles. The van der Waals surface area contributed by atoms with E-state index in [4.69, 9.17) is 4.74 Å². The number of amides is 2. The summed E-state index contributed by atoms with van der Waals surface area (Å²) in [6, 6.07) is 0. The minimum atomic E-state index is -0.644. The summed E-state index contributed by atoms with van der Waals surface area (Å²) in [5.74, 6) is 0.0676. The zero-order valence-electron chi connectivity index (χ0n) is 12.4. The van der Waals surface area contributed by atoms with Crippen molar-refractivity contribution in [3.63, 3.8) is 0 Å². The van der Waals surface area contributed by atoms with Gasteiger partial charge >= 0.3 is 6.09 Å². The van der Waals surface area contributed by atoms with E-state index in [2.05, 4.69) is 0 Å². The molecule has 0 aromatic carbocycles. The lowest BCUT2D eigenvalue weighted by Gasteiger charge is -2.43. The second kappa shape index (κ2) is 4.69. The van der Waals surface area contributed by atoms with Crippen LogP contribution in [0.2, 0.25) is 0 Å². The number of hydrogen-bond donors (Lipinski definition) is 0. The van der Waals surface area contributed by atoms with Gasteiger partial charge in [0.2, 0.25) is 5.91 Å². The molecule has 2 fully saturated rings. The van der Waals surface area contributed by atoms with Gasteiger partial charge in [-0.2, -0.15) is 0 Å². The van der Waals surface area contributed by atoms with Crippen molar-refractivity contribution in [1.29, 1.82) is 0 Å². The van der Waals surface area contributed by atoms with Crippen molar-refractivity contribution in [2.45, 2.75) is 57.6 Å². The van der Waals surface area contributed by atoms with E-state index < -0.39 is 11.1 Å². The lowest BCUT2D eigenvalue weighted by molar-refractivity contribution is -0.138. The Morgan fingerprint density at radius 1 is 1.21 bits per heavy atom. The predicted octanol–water partition coefficient (Wildman–Crippen LogP) is 2.01. The average Bonchev–Trinajstić information content (AvgIpc) is 2.57. The summed E-state index contributed by atoms with van der Waals surface area (Å²) >= 11 is 0. The van der Waals surface area contributed by atoms with Crippen molar-refractivity contribution in [2.75, 3.05) is 20.1 Å². The SMILES string of the molecule is CN1CCC2(CCCCN2C(=O)OC(C)(C)C)C1=O. The van der Waals surface area contributed by atoms with Crippen LogP contribution in [0.3, 0.4) is 0 Å². The van der Waals surface area contributed by atoms with Gasteiger partial charge < -0.3 is 9.64 Å². The molecule has 0 N–H and O–H groups in total. The van der Waals surface area contributed by atoms with Crippen molar-refractivity contribution >= 4 is 12.0 Å². The van der Waals surface area contributed by atoms with E-state index in [-0.39, 0.29) is 12.0 Å². The number of rotatable bonds is 0. The molecule has 0 saturated carbocycles. The Hall–Kier alpha value is -1.26. The van der Waals surface area contributed by atoms with Gasteiger partial charge in [0.1, 0.15) is 11.1 Å². The fraction of sp³-hybridized carbons (Fsp3) is 0.857. The second-order valence-corrected chi connectivity index (χ2v) is 6.60. The summed E-state index contributed by atoms with van der Waals surface area (Å²) in [5.41, 5.74) is -1.17. The van der Waals surface area contributed by atoms with Crippen LogP contribution in [-0.2, 0) is 9.53 Å². The quantitative estimate of drug-likeness (QED) is 0.675. The smallest absolute Gasteiger partial charge is 0.411 e. The molecular weight excluding hydrogens is 244 g/mol. The monoisotopic (exact) mass is 268 g/mol. The van der Waals surface area contributed by atoms with Gasteiger partial charge in [-0.1, -0.05) is 0 Å². The number of hydrogen-bond acceptors (Lipinski definition) is 3. The number of carbonyl (C=O) groups is 2. The van der Waals surface area contributed by atoms with E-state index in [9.17, 15) is 9.59 Å². The Morgan fingerprint density at radius 2 is 1.89 bits per heavy atom. The standard InChI is InChI=1S/C14H24N2O3/c1-13(2,3)19-12(18)16-9-6-5-7-14(16)8-10-15(4)11(14)17/h5-10H2,1-4H3. The van der Waals surface area contributed by atoms with E-state index in [0.717, 1.165) is 32.2 Å². The highest BCUT2D eigenvalue weighted by atomic mass is 16.6. The lowest BCUT2D eigenvalue weighted by atomic mass is 9.85. The predicted molar refractivity (Wildman–Crippen MR) is 71.8 cm³/mol. The van der Waals surface area contributed by atoms with Crippen molar-refractivity contribution in [3.8, 4) is 0 Å². The van der Waals surface area contributed by atoms with Crippen LogP contribution in [-0.4, -0.2) is 53.1 Å². The van der Waals surface area contributed by atoms with E-state index in [1.807, 2.05) is 20.8 Å². The first-order valence-electron chi connectivity index (χ1n) is 7.02. The Morgan fingerprint density at radius 3 is 2.42 bits per heavy atom. The molecule has 19 heavy (non-hydrogen) atoms. The van der Waals surface area contributed by atoms with E-state index >= 15 is 0 Å². The summed E-state index contributed by atoms with van der Waals surface area (Å²) in [6.45, 7) is 6.89. The zero-order chi connectivity index (χ0) is 14.3. The summed E-state index contributed by atoms with van der Waals surface area (Å²) < 4.78 is 5.46. The minimum absolute atomic E-state index is 0.0676. The van der Waals surface area contributed by atoms with E-state index in [1.165, 1.54) is 0 Å². The highest BCUT2D eigenvalue weighted by Gasteiger charge is 2.53. The third kappa shape index (κ3) is 2.55. The van der Waals surface area contributed by atoms with Gasteiger partial charge in [-0.05, 0) is 46.5 Å². The topological polar surface area (TPSA) is 49.9 Å². The van der Waals surface area contributed by atoms with Gasteiger partial charge in [-0.15, -0.1) is 0 Å². The molecule has 2 saturated heterocycles. The molecule has 1 spiro atoms. The van der Waals surface area contributed by atoms with Crippen LogP contribution in [0.4, 0.5) is 4.79 Å². The van der Waals surface area contributed by atoms with Crippen LogP contribution >= 0.6 is 0 Å². The van der Waals surface area contributed by atoms with Crippen molar-refractivity contribution in [3.05, 3.63) is 0 Å².